The monoisotopic (exact) mass is 434 g/mol. The van der Waals surface area contributed by atoms with Gasteiger partial charge in [0.25, 0.3) is 0 Å². The van der Waals surface area contributed by atoms with Gasteiger partial charge < -0.3 is 9.47 Å². The fourth-order valence-electron chi connectivity index (χ4n) is 3.61. The second kappa shape index (κ2) is 9.06. The van der Waals surface area contributed by atoms with Crippen molar-refractivity contribution in [1.82, 2.24) is 0 Å². The van der Waals surface area contributed by atoms with E-state index in [0.29, 0.717) is 23.3 Å². The summed E-state index contributed by atoms with van der Waals surface area (Å²) >= 11 is 0. The molecule has 0 aliphatic carbocycles. The van der Waals surface area contributed by atoms with Crippen molar-refractivity contribution in [2.75, 3.05) is 6.61 Å². The molecule has 0 bridgehead atoms. The van der Waals surface area contributed by atoms with Gasteiger partial charge in [0, 0.05) is 6.61 Å². The van der Waals surface area contributed by atoms with E-state index in [0.717, 1.165) is 43.6 Å². The summed E-state index contributed by atoms with van der Waals surface area (Å²) in [6.07, 6.45) is 3.12. The van der Waals surface area contributed by atoms with Crippen LogP contribution in [0.1, 0.15) is 36.5 Å². The molecule has 0 saturated carbocycles. The van der Waals surface area contributed by atoms with Gasteiger partial charge in [0.15, 0.2) is 34.8 Å². The molecule has 1 saturated heterocycles. The molecule has 3 aromatic carbocycles. The van der Waals surface area contributed by atoms with Gasteiger partial charge in [-0.15, -0.1) is 0 Å². The van der Waals surface area contributed by atoms with Crippen LogP contribution in [0.5, 0.6) is 5.75 Å². The summed E-state index contributed by atoms with van der Waals surface area (Å²) in [5.74, 6) is -7.03. The summed E-state index contributed by atoms with van der Waals surface area (Å²) in [5.41, 5.74) is 1.85. The van der Waals surface area contributed by atoms with E-state index >= 15 is 0 Å². The highest BCUT2D eigenvalue weighted by Crippen LogP contribution is 2.32. The van der Waals surface area contributed by atoms with E-state index in [9.17, 15) is 22.0 Å². The molecule has 0 aromatic heterocycles. The summed E-state index contributed by atoms with van der Waals surface area (Å²) in [6, 6.07) is 11.0. The zero-order valence-corrected chi connectivity index (χ0v) is 16.4. The average molecular weight is 434 g/mol. The van der Waals surface area contributed by atoms with E-state index in [1.54, 1.807) is 12.1 Å². The van der Waals surface area contributed by atoms with Gasteiger partial charge in [-0.25, -0.2) is 22.0 Å². The SMILES string of the molecule is Fc1cc(COc2c(F)cc(-c3ccc(C4CCCCO4)cc3)cc2F)cc(F)c1F. The Morgan fingerprint density at radius 2 is 1.42 bits per heavy atom. The van der Waals surface area contributed by atoms with Crippen LogP contribution in [-0.2, 0) is 11.3 Å². The summed E-state index contributed by atoms with van der Waals surface area (Å²) in [7, 11) is 0. The van der Waals surface area contributed by atoms with Crippen LogP contribution in [0, 0.1) is 29.1 Å². The van der Waals surface area contributed by atoms with Crippen LogP contribution in [-0.4, -0.2) is 6.61 Å². The van der Waals surface area contributed by atoms with E-state index in [1.165, 1.54) is 0 Å². The fraction of sp³-hybridized carbons (Fsp3) is 0.250. The van der Waals surface area contributed by atoms with Crippen LogP contribution in [0.4, 0.5) is 22.0 Å². The molecule has 0 radical (unpaired) electrons. The summed E-state index contributed by atoms with van der Waals surface area (Å²) in [4.78, 5) is 0. The molecule has 0 amide bonds. The van der Waals surface area contributed by atoms with Crippen LogP contribution in [0.3, 0.4) is 0 Å². The third kappa shape index (κ3) is 4.71. The normalized spacial score (nSPS) is 16.4. The zero-order valence-electron chi connectivity index (χ0n) is 16.4. The molecule has 1 aliphatic heterocycles. The van der Waals surface area contributed by atoms with Gasteiger partial charge >= 0.3 is 0 Å². The predicted octanol–water partition coefficient (Wildman–Crippen LogP) is 6.87. The highest BCUT2D eigenvalue weighted by Gasteiger charge is 2.18. The standard InChI is InChI=1S/C24H19F5O2/c25-18-9-14(10-19(26)23(18)29)13-31-24-20(27)11-17(12-21(24)28)15-4-6-16(7-5-15)22-3-1-2-8-30-22/h4-7,9-12,22H,1-3,8,13H2. The summed E-state index contributed by atoms with van der Waals surface area (Å²) < 4.78 is 79.4. The fourth-order valence-corrected chi connectivity index (χ4v) is 3.61. The zero-order chi connectivity index (χ0) is 22.0. The van der Waals surface area contributed by atoms with Crippen molar-refractivity contribution in [3.05, 3.63) is 88.7 Å². The number of rotatable bonds is 5. The molecule has 0 N–H and O–H groups in total. The quantitative estimate of drug-likeness (QED) is 0.322. The predicted molar refractivity (Wildman–Crippen MR) is 105 cm³/mol. The molecular weight excluding hydrogens is 415 g/mol. The van der Waals surface area contributed by atoms with E-state index < -0.39 is 41.4 Å². The minimum Gasteiger partial charge on any atom is -0.483 e. The van der Waals surface area contributed by atoms with E-state index in [2.05, 4.69) is 0 Å². The minimum absolute atomic E-state index is 0.0354. The Morgan fingerprint density at radius 1 is 0.774 bits per heavy atom. The first kappa shape index (κ1) is 21.3. The van der Waals surface area contributed by atoms with E-state index in [4.69, 9.17) is 9.47 Å². The summed E-state index contributed by atoms with van der Waals surface area (Å²) in [6.45, 7) is 0.193. The van der Waals surface area contributed by atoms with Gasteiger partial charge in [0.2, 0.25) is 0 Å². The number of halogens is 5. The number of hydrogen-bond acceptors (Lipinski definition) is 2. The summed E-state index contributed by atoms with van der Waals surface area (Å²) in [5, 5.41) is 0. The molecule has 4 rings (SSSR count). The van der Waals surface area contributed by atoms with Crippen molar-refractivity contribution < 1.29 is 31.4 Å². The highest BCUT2D eigenvalue weighted by molar-refractivity contribution is 5.65. The average Bonchev–Trinajstić information content (AvgIpc) is 2.77. The van der Waals surface area contributed by atoms with Gasteiger partial charge in [-0.3, -0.25) is 0 Å². The van der Waals surface area contributed by atoms with Crippen LogP contribution in [0.2, 0.25) is 0 Å². The van der Waals surface area contributed by atoms with Crippen molar-refractivity contribution in [3.8, 4) is 16.9 Å². The van der Waals surface area contributed by atoms with E-state index in [1.807, 2.05) is 12.1 Å². The minimum atomic E-state index is -1.62. The third-order valence-corrected chi connectivity index (χ3v) is 5.22. The van der Waals surface area contributed by atoms with Gasteiger partial charge in [-0.05, 0) is 65.8 Å². The van der Waals surface area contributed by atoms with Gasteiger partial charge in [-0.2, -0.15) is 0 Å². The lowest BCUT2D eigenvalue weighted by molar-refractivity contribution is 0.0149. The first-order valence-corrected chi connectivity index (χ1v) is 9.89. The Bertz CT molecular complexity index is 1030. The first-order chi connectivity index (χ1) is 14.9. The van der Waals surface area contributed by atoms with Crippen molar-refractivity contribution in [2.24, 2.45) is 0 Å². The first-order valence-electron chi connectivity index (χ1n) is 9.89. The molecule has 1 unspecified atom stereocenters. The lowest BCUT2D eigenvalue weighted by Gasteiger charge is -2.23. The molecule has 1 fully saturated rings. The molecule has 1 aliphatic rings. The second-order valence-corrected chi connectivity index (χ2v) is 7.41. The third-order valence-electron chi connectivity index (χ3n) is 5.22. The molecule has 3 aromatic rings. The molecule has 7 heteroatoms. The molecule has 1 atom stereocenters. The second-order valence-electron chi connectivity index (χ2n) is 7.41. The number of benzene rings is 3. The van der Waals surface area contributed by atoms with Gasteiger partial charge in [-0.1, -0.05) is 24.3 Å². The van der Waals surface area contributed by atoms with Crippen molar-refractivity contribution in [2.45, 2.75) is 32.0 Å². The molecule has 31 heavy (non-hydrogen) atoms. The van der Waals surface area contributed by atoms with Crippen LogP contribution < -0.4 is 4.74 Å². The lowest BCUT2D eigenvalue weighted by Crippen LogP contribution is -2.11. The Balaban J connectivity index is 1.50. The smallest absolute Gasteiger partial charge is 0.194 e. The Labute approximate surface area is 176 Å². The van der Waals surface area contributed by atoms with Crippen LogP contribution >= 0.6 is 0 Å². The lowest BCUT2D eigenvalue weighted by atomic mass is 9.98. The molecular formula is C24H19F5O2. The maximum atomic E-state index is 14.5. The highest BCUT2D eigenvalue weighted by atomic mass is 19.2. The Morgan fingerprint density at radius 3 is 2.00 bits per heavy atom. The van der Waals surface area contributed by atoms with Crippen molar-refractivity contribution in [1.29, 1.82) is 0 Å². The molecule has 2 nitrogen and oxygen atoms in total. The van der Waals surface area contributed by atoms with Crippen molar-refractivity contribution >= 4 is 0 Å². The molecule has 1 heterocycles. The van der Waals surface area contributed by atoms with Crippen LogP contribution in [0.15, 0.2) is 48.5 Å². The van der Waals surface area contributed by atoms with Crippen LogP contribution in [0.25, 0.3) is 11.1 Å². The maximum Gasteiger partial charge on any atom is 0.194 e. The van der Waals surface area contributed by atoms with E-state index in [-0.39, 0.29) is 11.7 Å². The van der Waals surface area contributed by atoms with Gasteiger partial charge in [0.1, 0.15) is 6.61 Å². The topological polar surface area (TPSA) is 18.5 Å². The van der Waals surface area contributed by atoms with Crippen molar-refractivity contribution in [3.63, 3.8) is 0 Å². The van der Waals surface area contributed by atoms with Gasteiger partial charge in [0.05, 0.1) is 6.10 Å². The largest absolute Gasteiger partial charge is 0.483 e. The number of hydrogen-bond donors (Lipinski definition) is 0. The maximum absolute atomic E-state index is 14.5. The number of ether oxygens (including phenoxy) is 2. The Hall–Kier alpha value is -2.93. The molecule has 162 valence electrons. The molecule has 0 spiro atoms. The Kier molecular flexibility index (Phi) is 6.23.